The quantitative estimate of drug-likeness (QED) is 0.0169. The highest BCUT2D eigenvalue weighted by Crippen LogP contribution is 2.45. The van der Waals surface area contributed by atoms with Crippen LogP contribution in [0.25, 0.3) is 0 Å². The lowest BCUT2D eigenvalue weighted by Crippen LogP contribution is -2.30. The third kappa shape index (κ3) is 66.2. The predicted octanol–water partition coefficient (Wildman–Crippen LogP) is 20.6. The van der Waals surface area contributed by atoms with Crippen LogP contribution in [0.1, 0.15) is 344 Å². The lowest BCUT2D eigenvalue weighted by molar-refractivity contribution is -0.161. The third-order valence-electron chi connectivity index (χ3n) is 16.3. The van der Waals surface area contributed by atoms with Gasteiger partial charge in [-0.1, -0.05) is 291 Å². The molecule has 0 aromatic rings. The molecule has 2 unspecified atom stereocenters. The second-order valence-electron chi connectivity index (χ2n) is 27.1. The monoisotopic (exact) mass is 1350 g/mol. The fraction of sp³-hybridized carbons (Fsp3) is 0.890. The van der Waals surface area contributed by atoms with Crippen molar-refractivity contribution in [2.75, 3.05) is 39.6 Å². The Morgan fingerprint density at radius 2 is 0.587 bits per heavy atom. The average molecular weight is 1350 g/mol. The van der Waals surface area contributed by atoms with Crippen molar-refractivity contribution in [1.82, 2.24) is 0 Å². The van der Waals surface area contributed by atoms with E-state index in [1.54, 1.807) is 0 Å². The normalized spacial score (nSPS) is 14.3. The number of ether oxygens (including phenoxy) is 4. The Bertz CT molecular complexity index is 1890. The highest BCUT2D eigenvalue weighted by atomic mass is 31.2. The van der Waals surface area contributed by atoms with Gasteiger partial charge in [-0.3, -0.25) is 37.3 Å². The smallest absolute Gasteiger partial charge is 0.462 e. The summed E-state index contributed by atoms with van der Waals surface area (Å²) >= 11 is 0. The van der Waals surface area contributed by atoms with Crippen LogP contribution in [-0.4, -0.2) is 96.7 Å². The second-order valence-corrected chi connectivity index (χ2v) is 30.0. The molecule has 0 bridgehead atoms. The summed E-state index contributed by atoms with van der Waals surface area (Å²) in [6, 6.07) is 0. The minimum absolute atomic E-state index is 0.0835. The van der Waals surface area contributed by atoms with Gasteiger partial charge in [0.05, 0.1) is 26.4 Å². The van der Waals surface area contributed by atoms with Gasteiger partial charge in [0, 0.05) is 25.7 Å². The number of phosphoric acid groups is 2. The summed E-state index contributed by atoms with van der Waals surface area (Å²) in [4.78, 5) is 72.5. The number of carbonyl (C=O) groups is 4. The zero-order valence-electron chi connectivity index (χ0n) is 59.5. The number of hydrogen-bond donors (Lipinski definition) is 3. The van der Waals surface area contributed by atoms with Crippen molar-refractivity contribution in [3.63, 3.8) is 0 Å². The summed E-state index contributed by atoms with van der Waals surface area (Å²) in [6.45, 7) is 11.7. The number of phosphoric ester groups is 2. The Hall–Kier alpha value is -2.46. The van der Waals surface area contributed by atoms with Crippen molar-refractivity contribution >= 4 is 39.5 Å². The van der Waals surface area contributed by atoms with Gasteiger partial charge < -0.3 is 33.8 Å². The molecule has 5 atom stereocenters. The Balaban J connectivity index is 5.18. The molecular formula is C73H138O17P2. The lowest BCUT2D eigenvalue weighted by atomic mass is 10.0. The van der Waals surface area contributed by atoms with Crippen molar-refractivity contribution in [2.45, 2.75) is 362 Å². The van der Waals surface area contributed by atoms with Crippen LogP contribution >= 0.6 is 15.6 Å². The summed E-state index contributed by atoms with van der Waals surface area (Å²) in [5.41, 5.74) is 0. The maximum atomic E-state index is 13.0. The maximum Gasteiger partial charge on any atom is 0.472 e. The number of carbonyl (C=O) groups excluding carboxylic acids is 4. The first-order valence-electron chi connectivity index (χ1n) is 37.2. The molecule has 0 heterocycles. The minimum atomic E-state index is -4.96. The van der Waals surface area contributed by atoms with Gasteiger partial charge in [-0.25, -0.2) is 9.13 Å². The molecule has 92 heavy (non-hydrogen) atoms. The Morgan fingerprint density at radius 1 is 0.337 bits per heavy atom. The lowest BCUT2D eigenvalue weighted by Gasteiger charge is -2.21. The van der Waals surface area contributed by atoms with Crippen molar-refractivity contribution in [3.8, 4) is 0 Å². The number of aliphatic hydroxyl groups excluding tert-OH is 1. The highest BCUT2D eigenvalue weighted by Gasteiger charge is 2.30. The van der Waals surface area contributed by atoms with Crippen molar-refractivity contribution in [1.29, 1.82) is 0 Å². The second kappa shape index (κ2) is 63.3. The number of rotatable bonds is 69. The molecule has 0 saturated heterocycles. The van der Waals surface area contributed by atoms with Gasteiger partial charge in [0.2, 0.25) is 0 Å². The van der Waals surface area contributed by atoms with Gasteiger partial charge in [-0.2, -0.15) is 0 Å². The van der Waals surface area contributed by atoms with E-state index in [1.165, 1.54) is 135 Å². The first kappa shape index (κ1) is 89.5. The van der Waals surface area contributed by atoms with E-state index in [2.05, 4.69) is 72.8 Å². The molecule has 19 heteroatoms. The fourth-order valence-corrected chi connectivity index (χ4v) is 12.1. The molecule has 0 aliphatic rings. The van der Waals surface area contributed by atoms with E-state index in [-0.39, 0.29) is 25.7 Å². The molecule has 0 aliphatic heterocycles. The van der Waals surface area contributed by atoms with Gasteiger partial charge >= 0.3 is 39.5 Å². The van der Waals surface area contributed by atoms with Crippen LogP contribution in [0.3, 0.4) is 0 Å². The summed E-state index contributed by atoms with van der Waals surface area (Å²) in [7, 11) is -9.92. The van der Waals surface area contributed by atoms with Crippen LogP contribution in [0, 0.1) is 17.8 Å². The largest absolute Gasteiger partial charge is 0.472 e. The fourth-order valence-electron chi connectivity index (χ4n) is 10.5. The molecular weight excluding hydrogens is 1210 g/mol. The maximum absolute atomic E-state index is 13.0. The SMILES string of the molecule is CCCCCC/C=C\C=C/CCCCCCCC(=O)O[C@H](COC(=O)CCCCCCCCC(C)C)COP(=O)(O)OC[C@H](O)COP(=O)(O)OC[C@@H](COC(=O)CCCCCCCCCCCCCCCCCCC(C)C)OC(=O)CCCCCCCCC(C)C. The predicted molar refractivity (Wildman–Crippen MR) is 372 cm³/mol. The molecule has 0 saturated carbocycles. The van der Waals surface area contributed by atoms with E-state index < -0.39 is 97.5 Å². The van der Waals surface area contributed by atoms with Crippen molar-refractivity contribution in [3.05, 3.63) is 24.3 Å². The Morgan fingerprint density at radius 3 is 0.880 bits per heavy atom. The summed E-state index contributed by atoms with van der Waals surface area (Å²) in [5, 5.41) is 10.6. The van der Waals surface area contributed by atoms with Gasteiger partial charge in [0.15, 0.2) is 12.2 Å². The topological polar surface area (TPSA) is 237 Å². The zero-order chi connectivity index (χ0) is 68.0. The van der Waals surface area contributed by atoms with Crippen LogP contribution in [0.5, 0.6) is 0 Å². The molecule has 0 aliphatic carbocycles. The van der Waals surface area contributed by atoms with E-state index >= 15 is 0 Å². The molecule has 17 nitrogen and oxygen atoms in total. The molecule has 0 amide bonds. The molecule has 542 valence electrons. The van der Waals surface area contributed by atoms with E-state index in [0.29, 0.717) is 37.5 Å². The molecule has 0 aromatic carbocycles. The Kier molecular flexibility index (Phi) is 61.6. The first-order chi connectivity index (χ1) is 44.2. The molecule has 0 radical (unpaired) electrons. The number of hydrogen-bond acceptors (Lipinski definition) is 15. The number of esters is 4. The van der Waals surface area contributed by atoms with E-state index in [4.69, 9.17) is 37.0 Å². The highest BCUT2D eigenvalue weighted by molar-refractivity contribution is 7.47. The van der Waals surface area contributed by atoms with Gasteiger partial charge in [0.25, 0.3) is 0 Å². The zero-order valence-corrected chi connectivity index (χ0v) is 61.3. The van der Waals surface area contributed by atoms with E-state index in [0.717, 1.165) is 115 Å². The molecule has 0 fully saturated rings. The van der Waals surface area contributed by atoms with Crippen LogP contribution in [0.2, 0.25) is 0 Å². The van der Waals surface area contributed by atoms with Crippen LogP contribution in [-0.2, 0) is 65.4 Å². The number of allylic oxidation sites excluding steroid dienone is 4. The summed E-state index contributed by atoms with van der Waals surface area (Å²) in [6.07, 6.45) is 51.2. The molecule has 3 N–H and O–H groups in total. The number of unbranched alkanes of at least 4 members (excludes halogenated alkanes) is 34. The Labute approximate surface area is 561 Å². The number of aliphatic hydroxyl groups is 1. The molecule has 0 rings (SSSR count). The van der Waals surface area contributed by atoms with Gasteiger partial charge in [-0.15, -0.1) is 0 Å². The van der Waals surface area contributed by atoms with E-state index in [1.807, 2.05) is 0 Å². The van der Waals surface area contributed by atoms with Crippen LogP contribution < -0.4 is 0 Å². The minimum Gasteiger partial charge on any atom is -0.462 e. The van der Waals surface area contributed by atoms with Crippen LogP contribution in [0.15, 0.2) is 24.3 Å². The van der Waals surface area contributed by atoms with Crippen LogP contribution in [0.4, 0.5) is 0 Å². The molecule has 0 spiro atoms. The molecule has 0 aromatic heterocycles. The van der Waals surface area contributed by atoms with Gasteiger partial charge in [-0.05, 0) is 69.1 Å². The average Bonchev–Trinajstić information content (AvgIpc) is 3.56. The third-order valence-corrected chi connectivity index (χ3v) is 18.2. The first-order valence-corrected chi connectivity index (χ1v) is 40.2. The van der Waals surface area contributed by atoms with Gasteiger partial charge in [0.1, 0.15) is 19.3 Å². The van der Waals surface area contributed by atoms with E-state index in [9.17, 15) is 43.2 Å². The summed E-state index contributed by atoms with van der Waals surface area (Å²) < 4.78 is 68.2. The van der Waals surface area contributed by atoms with Crippen molar-refractivity contribution in [2.24, 2.45) is 17.8 Å². The summed E-state index contributed by atoms with van der Waals surface area (Å²) in [5.74, 6) is -0.00561. The van der Waals surface area contributed by atoms with Crippen molar-refractivity contribution < 1.29 is 80.2 Å². The standard InChI is InChI=1S/C73H138O17P2/c1-8-9-10-11-12-13-14-15-18-23-26-29-32-42-49-56-72(77)89-68(61-84-71(76)55-48-41-35-33-38-45-52-65(4)5)62-87-91(79,80)85-58-67(74)59-86-92(81,82)88-63-69(90-73(78)57-50-43-36-34-39-46-53-66(6)7)60-83-70(75)54-47-40-31-28-25-22-20-17-16-19-21-24-27-30-37-44-51-64(2)3/h13-15,18,64-69,74H,8-12,16-17,19-63H2,1-7H3,(H,79,80)(H,81,82)/b14-13-,18-15-/t67-,68+,69+/m0/s1.